The van der Waals surface area contributed by atoms with Crippen LogP contribution < -0.4 is 5.32 Å². The summed E-state index contributed by atoms with van der Waals surface area (Å²) in [7, 11) is 0. The summed E-state index contributed by atoms with van der Waals surface area (Å²) in [6, 6.07) is 15.0. The zero-order chi connectivity index (χ0) is 14.7. The number of hydrogen-bond acceptors (Lipinski definition) is 2. The highest BCUT2D eigenvalue weighted by Crippen LogP contribution is 2.20. The summed E-state index contributed by atoms with van der Waals surface area (Å²) in [4.78, 5) is 0. The summed E-state index contributed by atoms with van der Waals surface area (Å²) in [5.74, 6) is 0. The number of benzene rings is 2. The second-order valence-corrected chi connectivity index (χ2v) is 5.33. The lowest BCUT2D eigenvalue weighted by Gasteiger charge is -2.09. The van der Waals surface area contributed by atoms with Gasteiger partial charge in [-0.2, -0.15) is 5.10 Å². The van der Waals surface area contributed by atoms with Gasteiger partial charge in [0.25, 0.3) is 0 Å². The SMILES string of the molecule is CCNCc1cnn(Cc2cccc3ccccc23)c1C. The Labute approximate surface area is 125 Å². The van der Waals surface area contributed by atoms with Gasteiger partial charge in [-0.15, -0.1) is 0 Å². The van der Waals surface area contributed by atoms with Crippen LogP contribution in [0.15, 0.2) is 48.7 Å². The maximum Gasteiger partial charge on any atom is 0.0668 e. The molecule has 1 heterocycles. The molecule has 0 bridgehead atoms. The van der Waals surface area contributed by atoms with E-state index in [4.69, 9.17) is 0 Å². The molecule has 0 amide bonds. The van der Waals surface area contributed by atoms with E-state index < -0.39 is 0 Å². The quantitative estimate of drug-likeness (QED) is 0.774. The smallest absolute Gasteiger partial charge is 0.0668 e. The van der Waals surface area contributed by atoms with Gasteiger partial charge in [0, 0.05) is 17.8 Å². The molecule has 108 valence electrons. The minimum Gasteiger partial charge on any atom is -0.313 e. The monoisotopic (exact) mass is 279 g/mol. The van der Waals surface area contributed by atoms with Gasteiger partial charge in [0.1, 0.15) is 0 Å². The molecule has 0 radical (unpaired) electrons. The van der Waals surface area contributed by atoms with Gasteiger partial charge in [-0.3, -0.25) is 4.68 Å². The first-order valence-corrected chi connectivity index (χ1v) is 7.48. The number of nitrogens with zero attached hydrogens (tertiary/aromatic N) is 2. The number of fused-ring (bicyclic) bond motifs is 1. The van der Waals surface area contributed by atoms with Crippen LogP contribution in [-0.4, -0.2) is 16.3 Å². The molecule has 0 atom stereocenters. The van der Waals surface area contributed by atoms with Crippen LogP contribution in [0.5, 0.6) is 0 Å². The molecule has 0 spiro atoms. The zero-order valence-electron chi connectivity index (χ0n) is 12.6. The van der Waals surface area contributed by atoms with E-state index in [2.05, 4.69) is 71.4 Å². The van der Waals surface area contributed by atoms with E-state index in [-0.39, 0.29) is 0 Å². The normalized spacial score (nSPS) is 11.1. The molecule has 3 aromatic rings. The van der Waals surface area contributed by atoms with Crippen molar-refractivity contribution in [1.29, 1.82) is 0 Å². The molecule has 3 nitrogen and oxygen atoms in total. The van der Waals surface area contributed by atoms with Gasteiger partial charge in [0.15, 0.2) is 0 Å². The van der Waals surface area contributed by atoms with Gasteiger partial charge in [-0.25, -0.2) is 0 Å². The van der Waals surface area contributed by atoms with Crippen LogP contribution in [0.4, 0.5) is 0 Å². The number of nitrogens with one attached hydrogen (secondary N) is 1. The van der Waals surface area contributed by atoms with E-state index in [0.29, 0.717) is 0 Å². The van der Waals surface area contributed by atoms with Crippen LogP contribution >= 0.6 is 0 Å². The molecule has 0 saturated heterocycles. The first-order valence-electron chi connectivity index (χ1n) is 7.48. The van der Waals surface area contributed by atoms with Gasteiger partial charge < -0.3 is 5.32 Å². The number of rotatable bonds is 5. The third-order valence-electron chi connectivity index (χ3n) is 3.97. The zero-order valence-corrected chi connectivity index (χ0v) is 12.6. The lowest BCUT2D eigenvalue weighted by molar-refractivity contribution is 0.662. The van der Waals surface area contributed by atoms with Crippen molar-refractivity contribution in [2.24, 2.45) is 0 Å². The molecule has 2 aromatic carbocycles. The van der Waals surface area contributed by atoms with E-state index in [1.165, 1.54) is 27.6 Å². The molecular formula is C18H21N3. The Balaban J connectivity index is 1.90. The minimum absolute atomic E-state index is 0.819. The van der Waals surface area contributed by atoms with Gasteiger partial charge in [-0.05, 0) is 29.8 Å². The Morgan fingerprint density at radius 2 is 1.86 bits per heavy atom. The van der Waals surface area contributed by atoms with Crippen molar-refractivity contribution >= 4 is 10.8 Å². The average Bonchev–Trinajstić information content (AvgIpc) is 2.86. The summed E-state index contributed by atoms with van der Waals surface area (Å²) in [5, 5.41) is 10.5. The van der Waals surface area contributed by atoms with E-state index in [9.17, 15) is 0 Å². The lowest BCUT2D eigenvalue weighted by atomic mass is 10.0. The molecule has 0 fully saturated rings. The standard InChI is InChI=1S/C18H21N3/c1-3-19-11-17-12-20-21(14(17)2)13-16-9-6-8-15-7-4-5-10-18(15)16/h4-10,12,19H,3,11,13H2,1-2H3. The third-order valence-corrected chi connectivity index (χ3v) is 3.97. The summed E-state index contributed by atoms with van der Waals surface area (Å²) >= 11 is 0. The first-order chi connectivity index (χ1) is 10.3. The van der Waals surface area contributed by atoms with Crippen LogP contribution in [0.1, 0.15) is 23.7 Å². The summed E-state index contributed by atoms with van der Waals surface area (Å²) < 4.78 is 2.09. The Hall–Kier alpha value is -2.13. The summed E-state index contributed by atoms with van der Waals surface area (Å²) in [5.41, 5.74) is 3.83. The van der Waals surface area contributed by atoms with E-state index in [0.717, 1.165) is 19.6 Å². The molecule has 1 aromatic heterocycles. The largest absolute Gasteiger partial charge is 0.313 e. The van der Waals surface area contributed by atoms with Gasteiger partial charge in [0.05, 0.1) is 12.7 Å². The maximum absolute atomic E-state index is 4.55. The molecule has 0 unspecified atom stereocenters. The first kappa shape index (κ1) is 13.8. The van der Waals surface area contributed by atoms with Gasteiger partial charge in [0.2, 0.25) is 0 Å². The Bertz CT molecular complexity index is 738. The fraction of sp³-hybridized carbons (Fsp3) is 0.278. The predicted octanol–water partition coefficient (Wildman–Crippen LogP) is 3.50. The molecule has 1 N–H and O–H groups in total. The van der Waals surface area contributed by atoms with Crippen molar-refractivity contribution in [3.8, 4) is 0 Å². The average molecular weight is 279 g/mol. The molecule has 0 saturated carbocycles. The van der Waals surface area contributed by atoms with E-state index in [1.807, 2.05) is 6.20 Å². The lowest BCUT2D eigenvalue weighted by Crippen LogP contribution is -2.12. The molecule has 0 aliphatic rings. The van der Waals surface area contributed by atoms with Crippen LogP contribution in [0.25, 0.3) is 10.8 Å². The van der Waals surface area contributed by atoms with Crippen molar-refractivity contribution in [2.75, 3.05) is 6.54 Å². The van der Waals surface area contributed by atoms with Crippen LogP contribution in [-0.2, 0) is 13.1 Å². The van der Waals surface area contributed by atoms with E-state index >= 15 is 0 Å². The fourth-order valence-corrected chi connectivity index (χ4v) is 2.67. The van der Waals surface area contributed by atoms with Crippen molar-refractivity contribution in [2.45, 2.75) is 26.9 Å². The van der Waals surface area contributed by atoms with Gasteiger partial charge in [-0.1, -0.05) is 49.4 Å². The highest BCUT2D eigenvalue weighted by atomic mass is 15.3. The molecule has 3 heteroatoms. The van der Waals surface area contributed by atoms with Crippen molar-refractivity contribution in [3.63, 3.8) is 0 Å². The predicted molar refractivity (Wildman–Crippen MR) is 87.4 cm³/mol. The summed E-state index contributed by atoms with van der Waals surface area (Å²) in [6.07, 6.45) is 1.98. The van der Waals surface area contributed by atoms with Crippen LogP contribution in [0.3, 0.4) is 0 Å². The molecule has 21 heavy (non-hydrogen) atoms. The number of aromatic nitrogens is 2. The van der Waals surface area contributed by atoms with Crippen LogP contribution in [0.2, 0.25) is 0 Å². The molecule has 3 rings (SSSR count). The molecule has 0 aliphatic carbocycles. The second kappa shape index (κ2) is 6.10. The Morgan fingerprint density at radius 1 is 1.05 bits per heavy atom. The number of hydrogen-bond donors (Lipinski definition) is 1. The van der Waals surface area contributed by atoms with E-state index in [1.54, 1.807) is 0 Å². The third kappa shape index (κ3) is 2.83. The van der Waals surface area contributed by atoms with Crippen molar-refractivity contribution in [1.82, 2.24) is 15.1 Å². The fourth-order valence-electron chi connectivity index (χ4n) is 2.67. The summed E-state index contributed by atoms with van der Waals surface area (Å²) in [6.45, 7) is 6.95. The highest BCUT2D eigenvalue weighted by Gasteiger charge is 2.08. The molecule has 0 aliphatic heterocycles. The topological polar surface area (TPSA) is 29.9 Å². The second-order valence-electron chi connectivity index (χ2n) is 5.33. The van der Waals surface area contributed by atoms with Crippen molar-refractivity contribution in [3.05, 3.63) is 65.5 Å². The Kier molecular flexibility index (Phi) is 4.02. The highest BCUT2D eigenvalue weighted by molar-refractivity contribution is 5.85. The minimum atomic E-state index is 0.819. The van der Waals surface area contributed by atoms with Crippen molar-refractivity contribution < 1.29 is 0 Å². The Morgan fingerprint density at radius 3 is 2.71 bits per heavy atom. The molecular weight excluding hydrogens is 258 g/mol. The maximum atomic E-state index is 4.55. The van der Waals surface area contributed by atoms with Gasteiger partial charge >= 0.3 is 0 Å². The van der Waals surface area contributed by atoms with Crippen LogP contribution in [0, 0.1) is 6.92 Å².